The van der Waals surface area contributed by atoms with Gasteiger partial charge in [0.15, 0.2) is 11.6 Å². The molecule has 1 aliphatic heterocycles. The first-order valence-corrected chi connectivity index (χ1v) is 3.56. The van der Waals surface area contributed by atoms with Crippen LogP contribution >= 0.6 is 12.4 Å². The van der Waals surface area contributed by atoms with Crippen LogP contribution in [-0.4, -0.2) is 6.61 Å². The van der Waals surface area contributed by atoms with Crippen molar-refractivity contribution in [3.05, 3.63) is 29.3 Å². The number of halogens is 3. The van der Waals surface area contributed by atoms with Gasteiger partial charge in [-0.15, -0.1) is 12.4 Å². The van der Waals surface area contributed by atoms with Crippen molar-refractivity contribution in [1.82, 2.24) is 0 Å². The molecular weight excluding hydrogens is 200 g/mol. The third-order valence-corrected chi connectivity index (χ3v) is 1.84. The molecule has 0 aromatic heterocycles. The van der Waals surface area contributed by atoms with Crippen molar-refractivity contribution in [3.8, 4) is 5.75 Å². The largest absolute Gasteiger partial charge is 0.488 e. The minimum atomic E-state index is -0.682. The van der Waals surface area contributed by atoms with Gasteiger partial charge in [-0.1, -0.05) is 0 Å². The fraction of sp³-hybridized carbons (Fsp3) is 0.250. The summed E-state index contributed by atoms with van der Waals surface area (Å²) in [6.45, 7) is 0.218. The van der Waals surface area contributed by atoms with Gasteiger partial charge < -0.3 is 10.5 Å². The van der Waals surface area contributed by atoms with Gasteiger partial charge in [0.2, 0.25) is 0 Å². The number of benzene rings is 1. The third kappa shape index (κ3) is 1.59. The molecule has 0 spiro atoms. The summed E-state index contributed by atoms with van der Waals surface area (Å²) >= 11 is 0. The molecule has 0 bridgehead atoms. The molecule has 1 unspecified atom stereocenters. The molecular formula is C8H8ClF2NO. The molecule has 0 radical (unpaired) electrons. The van der Waals surface area contributed by atoms with Gasteiger partial charge in [-0.3, -0.25) is 0 Å². The highest BCUT2D eigenvalue weighted by Crippen LogP contribution is 2.33. The molecule has 1 aliphatic rings. The van der Waals surface area contributed by atoms with E-state index in [0.29, 0.717) is 5.56 Å². The van der Waals surface area contributed by atoms with Crippen LogP contribution in [0.25, 0.3) is 0 Å². The van der Waals surface area contributed by atoms with Gasteiger partial charge in [-0.05, 0) is 6.07 Å². The van der Waals surface area contributed by atoms with Crippen LogP contribution < -0.4 is 10.5 Å². The van der Waals surface area contributed by atoms with E-state index in [1.807, 2.05) is 0 Å². The monoisotopic (exact) mass is 207 g/mol. The van der Waals surface area contributed by atoms with Gasteiger partial charge in [0.1, 0.15) is 12.4 Å². The Hall–Kier alpha value is -0.870. The minimum absolute atomic E-state index is 0. The van der Waals surface area contributed by atoms with Crippen LogP contribution in [0, 0.1) is 11.6 Å². The van der Waals surface area contributed by atoms with Crippen LogP contribution in [0.15, 0.2) is 12.1 Å². The Labute approximate surface area is 80.1 Å². The first-order chi connectivity index (χ1) is 5.68. The van der Waals surface area contributed by atoms with Gasteiger partial charge in [-0.25, -0.2) is 8.78 Å². The summed E-state index contributed by atoms with van der Waals surface area (Å²) in [7, 11) is 0. The van der Waals surface area contributed by atoms with E-state index in [1.54, 1.807) is 0 Å². The summed E-state index contributed by atoms with van der Waals surface area (Å²) in [5, 5.41) is 0. The number of fused-ring (bicyclic) bond motifs is 1. The Kier molecular flexibility index (Phi) is 2.73. The Balaban J connectivity index is 0.000000845. The van der Waals surface area contributed by atoms with Crippen molar-refractivity contribution in [1.29, 1.82) is 0 Å². The molecule has 0 saturated heterocycles. The third-order valence-electron chi connectivity index (χ3n) is 1.84. The maximum Gasteiger partial charge on any atom is 0.168 e. The first kappa shape index (κ1) is 10.2. The normalized spacial score (nSPS) is 18.8. The standard InChI is InChI=1S/C8H7F2NO.ClH/c9-4-1-5-7(11)3-12-8(5)6(10)2-4;/h1-2,7H,3,11H2;1H. The lowest BCUT2D eigenvalue weighted by atomic mass is 10.1. The molecule has 1 aromatic rings. The zero-order valence-electron chi connectivity index (χ0n) is 6.59. The summed E-state index contributed by atoms with van der Waals surface area (Å²) < 4.78 is 30.5. The molecule has 0 amide bonds. The zero-order valence-corrected chi connectivity index (χ0v) is 7.41. The molecule has 2 rings (SSSR count). The zero-order chi connectivity index (χ0) is 8.72. The Morgan fingerprint density at radius 3 is 2.77 bits per heavy atom. The SMILES string of the molecule is Cl.NC1COc2c(F)cc(F)cc21. The molecule has 2 nitrogen and oxygen atoms in total. The van der Waals surface area contributed by atoms with E-state index in [1.165, 1.54) is 6.07 Å². The van der Waals surface area contributed by atoms with Crippen LogP contribution in [0.5, 0.6) is 5.75 Å². The van der Waals surface area contributed by atoms with Crippen molar-refractivity contribution < 1.29 is 13.5 Å². The van der Waals surface area contributed by atoms with Crippen LogP contribution in [0.1, 0.15) is 11.6 Å². The highest BCUT2D eigenvalue weighted by molar-refractivity contribution is 5.85. The number of rotatable bonds is 0. The number of nitrogens with two attached hydrogens (primary N) is 1. The predicted molar refractivity (Wildman–Crippen MR) is 46.0 cm³/mol. The molecule has 1 atom stereocenters. The first-order valence-electron chi connectivity index (χ1n) is 3.56. The van der Waals surface area contributed by atoms with Crippen molar-refractivity contribution >= 4 is 12.4 Å². The van der Waals surface area contributed by atoms with Crippen molar-refractivity contribution in [3.63, 3.8) is 0 Å². The number of hydrogen-bond donors (Lipinski definition) is 1. The van der Waals surface area contributed by atoms with Crippen molar-refractivity contribution in [2.75, 3.05) is 6.61 Å². The van der Waals surface area contributed by atoms with Crippen LogP contribution in [0.4, 0.5) is 8.78 Å². The van der Waals surface area contributed by atoms with Crippen molar-refractivity contribution in [2.24, 2.45) is 5.73 Å². The molecule has 0 fully saturated rings. The smallest absolute Gasteiger partial charge is 0.168 e. The Morgan fingerprint density at radius 1 is 1.38 bits per heavy atom. The van der Waals surface area contributed by atoms with E-state index in [2.05, 4.69) is 0 Å². The molecule has 0 saturated carbocycles. The lowest BCUT2D eigenvalue weighted by Crippen LogP contribution is -2.10. The predicted octanol–water partition coefficient (Wildman–Crippen LogP) is 1.78. The van der Waals surface area contributed by atoms with E-state index in [9.17, 15) is 8.78 Å². The summed E-state index contributed by atoms with van der Waals surface area (Å²) in [4.78, 5) is 0. The summed E-state index contributed by atoms with van der Waals surface area (Å²) in [6, 6.07) is 1.58. The van der Waals surface area contributed by atoms with E-state index in [4.69, 9.17) is 10.5 Å². The van der Waals surface area contributed by atoms with E-state index < -0.39 is 17.7 Å². The summed E-state index contributed by atoms with van der Waals surface area (Å²) in [5.74, 6) is -1.21. The van der Waals surface area contributed by atoms with Gasteiger partial charge in [0.05, 0.1) is 6.04 Å². The van der Waals surface area contributed by atoms with Crippen LogP contribution in [-0.2, 0) is 0 Å². The minimum Gasteiger partial charge on any atom is -0.488 e. The summed E-state index contributed by atoms with van der Waals surface area (Å²) in [6.07, 6.45) is 0. The fourth-order valence-corrected chi connectivity index (χ4v) is 1.27. The second kappa shape index (κ2) is 3.47. The average molecular weight is 208 g/mol. The highest BCUT2D eigenvalue weighted by atomic mass is 35.5. The average Bonchev–Trinajstić information content (AvgIpc) is 2.33. The second-order valence-electron chi connectivity index (χ2n) is 2.72. The summed E-state index contributed by atoms with van der Waals surface area (Å²) in [5.41, 5.74) is 5.94. The van der Waals surface area contributed by atoms with Gasteiger partial charge in [-0.2, -0.15) is 0 Å². The maximum atomic E-state index is 12.9. The topological polar surface area (TPSA) is 35.2 Å². The second-order valence-corrected chi connectivity index (χ2v) is 2.72. The quantitative estimate of drug-likeness (QED) is 0.704. The van der Waals surface area contributed by atoms with Gasteiger partial charge >= 0.3 is 0 Å². The van der Waals surface area contributed by atoms with E-state index in [0.717, 1.165) is 6.07 Å². The molecule has 72 valence electrons. The van der Waals surface area contributed by atoms with E-state index in [-0.39, 0.29) is 24.8 Å². The van der Waals surface area contributed by atoms with Crippen LogP contribution in [0.3, 0.4) is 0 Å². The molecule has 5 heteroatoms. The molecule has 1 aromatic carbocycles. The van der Waals surface area contributed by atoms with Crippen molar-refractivity contribution in [2.45, 2.75) is 6.04 Å². The molecule has 1 heterocycles. The molecule has 13 heavy (non-hydrogen) atoms. The van der Waals surface area contributed by atoms with E-state index >= 15 is 0 Å². The highest BCUT2D eigenvalue weighted by Gasteiger charge is 2.24. The molecule has 0 aliphatic carbocycles. The van der Waals surface area contributed by atoms with Gasteiger partial charge in [0.25, 0.3) is 0 Å². The Bertz CT molecular complexity index is 332. The Morgan fingerprint density at radius 2 is 2.08 bits per heavy atom. The molecule has 2 N–H and O–H groups in total. The number of ether oxygens (including phenoxy) is 1. The fourth-order valence-electron chi connectivity index (χ4n) is 1.27. The lowest BCUT2D eigenvalue weighted by molar-refractivity contribution is 0.319. The number of hydrogen-bond acceptors (Lipinski definition) is 2. The maximum absolute atomic E-state index is 12.9. The van der Waals surface area contributed by atoms with Gasteiger partial charge in [0, 0.05) is 11.6 Å². The van der Waals surface area contributed by atoms with Crippen LogP contribution in [0.2, 0.25) is 0 Å². The lowest BCUT2D eigenvalue weighted by Gasteiger charge is -2.00.